The Hall–Kier alpha value is -3.22. The van der Waals surface area contributed by atoms with Crippen LogP contribution in [0.1, 0.15) is 97.1 Å². The van der Waals surface area contributed by atoms with Crippen molar-refractivity contribution in [2.45, 2.75) is 95.4 Å². The molecule has 1 aromatic heterocycles. The predicted octanol–water partition coefficient (Wildman–Crippen LogP) is 8.54. The SMILES string of the molecule is CCOCCCCCC(CI)O[C@H]1/C=C/[C@H](OC)[C@@H]2CC[C@H]2CN2C[C@@]3(CCCc4cc(Cl)ccc43)COc3ccc(cc32)C(=O)N=S(=O)(NC(=O)c2cn(C)nc2OC)C[C@H]1C. The van der Waals surface area contributed by atoms with Crippen molar-refractivity contribution in [1.82, 2.24) is 14.5 Å². The van der Waals surface area contributed by atoms with Crippen molar-refractivity contribution in [2.24, 2.45) is 29.2 Å². The van der Waals surface area contributed by atoms with Crippen LogP contribution in [-0.2, 0) is 43.0 Å². The van der Waals surface area contributed by atoms with E-state index in [4.69, 9.17) is 35.3 Å². The Bertz CT molecular complexity index is 2250. The van der Waals surface area contributed by atoms with E-state index < -0.39 is 33.8 Å². The lowest BCUT2D eigenvalue weighted by Gasteiger charge is -2.46. The number of rotatable bonds is 14. The van der Waals surface area contributed by atoms with Gasteiger partial charge in [0.1, 0.15) is 21.2 Å². The first kappa shape index (κ1) is 47.7. The van der Waals surface area contributed by atoms with Gasteiger partial charge in [-0.1, -0.05) is 72.2 Å². The smallest absolute Gasteiger partial charge is 0.286 e. The number of aromatic nitrogens is 2. The molecule has 1 saturated carbocycles. The summed E-state index contributed by atoms with van der Waals surface area (Å²) in [5, 5.41) is 4.95. The van der Waals surface area contributed by atoms with Gasteiger partial charge in [0, 0.05) is 73.0 Å². The van der Waals surface area contributed by atoms with E-state index in [0.29, 0.717) is 31.4 Å². The number of benzene rings is 2. The van der Waals surface area contributed by atoms with Crippen LogP contribution in [0.5, 0.6) is 11.6 Å². The van der Waals surface area contributed by atoms with Crippen LogP contribution in [0.15, 0.2) is 59.1 Å². The number of aryl methyl sites for hydroxylation is 2. The molecule has 3 heterocycles. The average molecular weight is 1020 g/mol. The molecule has 7 rings (SSSR count). The fraction of sp³-hybridized carbons (Fsp3) is 0.596. The molecule has 344 valence electrons. The quantitative estimate of drug-likeness (QED) is 0.0723. The van der Waals surface area contributed by atoms with Gasteiger partial charge in [0.25, 0.3) is 11.8 Å². The molecule has 2 aliphatic heterocycles. The van der Waals surface area contributed by atoms with Crippen LogP contribution in [0, 0.1) is 17.8 Å². The van der Waals surface area contributed by atoms with E-state index in [0.717, 1.165) is 86.1 Å². The van der Waals surface area contributed by atoms with Crippen molar-refractivity contribution in [3.63, 3.8) is 0 Å². The number of amides is 2. The number of hydrogen-bond acceptors (Lipinski definition) is 10. The summed E-state index contributed by atoms with van der Waals surface area (Å²) in [5.74, 6) is -0.759. The van der Waals surface area contributed by atoms with E-state index in [1.54, 1.807) is 20.2 Å². The number of carbonyl (C=O) groups is 2. The van der Waals surface area contributed by atoms with Crippen molar-refractivity contribution >= 4 is 61.6 Å². The van der Waals surface area contributed by atoms with E-state index in [9.17, 15) is 9.59 Å². The van der Waals surface area contributed by atoms with Gasteiger partial charge in [-0.2, -0.15) is 0 Å². The van der Waals surface area contributed by atoms with Crippen LogP contribution < -0.4 is 19.1 Å². The lowest BCUT2D eigenvalue weighted by Crippen LogP contribution is -2.49. The Kier molecular flexibility index (Phi) is 16.2. The van der Waals surface area contributed by atoms with Gasteiger partial charge in [0.2, 0.25) is 5.88 Å². The first-order chi connectivity index (χ1) is 30.4. The van der Waals surface area contributed by atoms with E-state index in [1.807, 2.05) is 38.1 Å². The molecule has 1 spiro atoms. The van der Waals surface area contributed by atoms with Crippen LogP contribution in [0.4, 0.5) is 5.69 Å². The topological polar surface area (TPSA) is 143 Å². The third kappa shape index (κ3) is 11.3. The van der Waals surface area contributed by atoms with E-state index >= 15 is 4.21 Å². The van der Waals surface area contributed by atoms with E-state index in [1.165, 1.54) is 29.1 Å². The highest BCUT2D eigenvalue weighted by Gasteiger charge is 2.44. The molecule has 3 aromatic rings. The van der Waals surface area contributed by atoms with Crippen LogP contribution in [0.2, 0.25) is 5.02 Å². The molecule has 2 bridgehead atoms. The Morgan fingerprint density at radius 2 is 1.95 bits per heavy atom. The van der Waals surface area contributed by atoms with Gasteiger partial charge in [0.05, 0.1) is 43.5 Å². The third-order valence-corrected chi connectivity index (χ3v) is 16.4. The molecule has 1 N–H and O–H groups in total. The summed E-state index contributed by atoms with van der Waals surface area (Å²) in [6, 6.07) is 11.5. The zero-order chi connectivity index (χ0) is 44.7. The zero-order valence-electron chi connectivity index (χ0n) is 37.2. The highest BCUT2D eigenvalue weighted by atomic mass is 127. The number of nitrogens with one attached hydrogen (secondary N) is 1. The Morgan fingerprint density at radius 3 is 2.70 bits per heavy atom. The van der Waals surface area contributed by atoms with Gasteiger partial charge in [-0.15, -0.1) is 9.46 Å². The number of carbonyl (C=O) groups excluding carboxylic acids is 2. The minimum absolute atomic E-state index is 0.0630. The normalized spacial score (nSPS) is 28.1. The van der Waals surface area contributed by atoms with Crippen LogP contribution in [-0.4, -0.2) is 101 Å². The van der Waals surface area contributed by atoms with Crippen LogP contribution in [0.25, 0.3) is 0 Å². The summed E-state index contributed by atoms with van der Waals surface area (Å²) in [5.41, 5.74) is 3.30. The first-order valence-corrected chi connectivity index (χ1v) is 26.0. The Labute approximate surface area is 391 Å². The lowest BCUT2D eigenvalue weighted by molar-refractivity contribution is -0.00484. The maximum atomic E-state index is 15.3. The molecule has 63 heavy (non-hydrogen) atoms. The second-order valence-electron chi connectivity index (χ2n) is 17.6. The maximum absolute atomic E-state index is 15.3. The molecular formula is C47H63ClIN5O8S. The number of alkyl halides is 1. The minimum atomic E-state index is -3.79. The zero-order valence-corrected chi connectivity index (χ0v) is 40.9. The van der Waals surface area contributed by atoms with Crippen LogP contribution in [0.3, 0.4) is 0 Å². The Balaban J connectivity index is 1.29. The number of unbranched alkanes of at least 4 members (excludes halogenated alkanes) is 2. The minimum Gasteiger partial charge on any atom is -0.490 e. The largest absolute Gasteiger partial charge is 0.490 e. The number of hydrogen-bond donors (Lipinski definition) is 1. The van der Waals surface area contributed by atoms with Crippen molar-refractivity contribution in [2.75, 3.05) is 62.2 Å². The fourth-order valence-corrected chi connectivity index (χ4v) is 12.5. The summed E-state index contributed by atoms with van der Waals surface area (Å²) >= 11 is 8.89. The van der Waals surface area contributed by atoms with Crippen LogP contribution >= 0.6 is 34.2 Å². The summed E-state index contributed by atoms with van der Waals surface area (Å²) < 4.78 is 55.4. The monoisotopic (exact) mass is 1020 g/mol. The number of nitrogens with zero attached hydrogens (tertiary/aromatic N) is 4. The summed E-state index contributed by atoms with van der Waals surface area (Å²) in [6.07, 6.45) is 13.6. The van der Waals surface area contributed by atoms with Gasteiger partial charge in [0.15, 0.2) is 0 Å². The van der Waals surface area contributed by atoms with Gasteiger partial charge in [-0.05, 0) is 105 Å². The van der Waals surface area contributed by atoms with Crippen molar-refractivity contribution in [3.8, 4) is 11.6 Å². The number of fused-ring (bicyclic) bond motifs is 4. The molecule has 1 fully saturated rings. The van der Waals surface area contributed by atoms with Gasteiger partial charge >= 0.3 is 0 Å². The van der Waals surface area contributed by atoms with Gasteiger partial charge < -0.3 is 28.6 Å². The van der Waals surface area contributed by atoms with Gasteiger partial charge in [-0.3, -0.25) is 19.0 Å². The summed E-state index contributed by atoms with van der Waals surface area (Å²) in [6.45, 7) is 7.26. The molecule has 2 aromatic carbocycles. The highest BCUT2D eigenvalue weighted by Crippen LogP contribution is 2.47. The summed E-state index contributed by atoms with van der Waals surface area (Å²) in [4.78, 5) is 30.8. The van der Waals surface area contributed by atoms with Gasteiger partial charge in [-0.25, -0.2) is 4.21 Å². The molecule has 2 amide bonds. The average Bonchev–Trinajstić information content (AvgIpc) is 3.58. The maximum Gasteiger partial charge on any atom is 0.286 e. The first-order valence-electron chi connectivity index (χ1n) is 22.4. The molecule has 0 saturated heterocycles. The highest BCUT2D eigenvalue weighted by molar-refractivity contribution is 14.1. The molecule has 16 heteroatoms. The van der Waals surface area contributed by atoms with Crippen molar-refractivity contribution in [3.05, 3.63) is 82.0 Å². The fourth-order valence-electron chi connectivity index (χ4n) is 9.78. The second kappa shape index (κ2) is 21.4. The van der Waals surface area contributed by atoms with E-state index in [-0.39, 0.29) is 46.3 Å². The third-order valence-electron chi connectivity index (χ3n) is 13.2. The Morgan fingerprint density at radius 1 is 1.13 bits per heavy atom. The van der Waals surface area contributed by atoms with Crippen molar-refractivity contribution < 1.29 is 37.5 Å². The molecule has 4 aliphatic rings. The molecule has 13 nitrogen and oxygen atoms in total. The van der Waals surface area contributed by atoms with E-state index in [2.05, 4.69) is 59.9 Å². The molecule has 2 unspecified atom stereocenters. The molecule has 0 radical (unpaired) electrons. The number of ether oxygens (including phenoxy) is 5. The molecule has 2 aliphatic carbocycles. The standard InChI is InChI=1S/C47H63ClIN5O8S/c1-6-60-22-9-7-8-12-36(25-49)62-41-19-20-42(58-4)37-16-13-34(37)26-54-29-47(21-10-11-32-23-35(48)15-17-39(32)47)30-61-43-18-14-33(24-40(43)54)44(55)51-63(57,28-31(41)2)52-45(56)38-27-53(3)50-46(38)59-5/h14-15,17-20,23-24,27,31,34,36-37,41-42H,6-13,16,21-22,25-26,28-30H2,1-5H3,(H,51,52,55,56,57)/b20-19+/t31-,34+,36?,37-,41+,42+,47+,63?/m1/s1. The number of halogens is 2. The lowest BCUT2D eigenvalue weighted by atomic mass is 9.68. The number of methoxy groups -OCH3 is 2. The number of anilines is 1. The van der Waals surface area contributed by atoms with Crippen molar-refractivity contribution in [1.29, 1.82) is 0 Å². The molecular weight excluding hydrogens is 957 g/mol. The molecule has 8 atom stereocenters. The summed E-state index contributed by atoms with van der Waals surface area (Å²) in [7, 11) is 1.04. The second-order valence-corrected chi connectivity index (χ2v) is 21.0. The predicted molar refractivity (Wildman–Crippen MR) is 255 cm³/mol.